The lowest BCUT2D eigenvalue weighted by Gasteiger charge is -2.41. The number of piperidine rings is 1. The van der Waals surface area contributed by atoms with Crippen molar-refractivity contribution in [3.63, 3.8) is 0 Å². The van der Waals surface area contributed by atoms with E-state index in [1.807, 2.05) is 0 Å². The number of ether oxygens (including phenoxy) is 1. The Kier molecular flexibility index (Phi) is 5.24. The molecule has 2 aliphatic heterocycles. The predicted molar refractivity (Wildman–Crippen MR) is 112 cm³/mol. The maximum Gasteiger partial charge on any atom is 0.236 e. The summed E-state index contributed by atoms with van der Waals surface area (Å²) in [7, 11) is -1.30. The molecule has 3 aliphatic rings. The van der Waals surface area contributed by atoms with Crippen molar-refractivity contribution in [3.05, 3.63) is 23.2 Å². The van der Waals surface area contributed by atoms with Gasteiger partial charge in [-0.25, -0.2) is 15.0 Å². The van der Waals surface area contributed by atoms with Gasteiger partial charge in [0.2, 0.25) is 11.8 Å². The molecule has 2 N–H and O–H groups in total. The summed E-state index contributed by atoms with van der Waals surface area (Å²) in [5.74, 6) is 2.56. The van der Waals surface area contributed by atoms with E-state index in [1.165, 1.54) is 0 Å². The fraction of sp³-hybridized carbons (Fsp3) is 0.579. The molecule has 0 aromatic carbocycles. The number of aromatic nitrogens is 4. The number of anilines is 2. The van der Waals surface area contributed by atoms with Crippen LogP contribution in [0.25, 0.3) is 0 Å². The highest BCUT2D eigenvalue weighted by Gasteiger charge is 2.39. The second kappa shape index (κ2) is 7.90. The lowest BCUT2D eigenvalue weighted by Crippen LogP contribution is -2.48. The molecule has 1 saturated heterocycles. The van der Waals surface area contributed by atoms with Crippen LogP contribution < -0.4 is 15.0 Å². The van der Waals surface area contributed by atoms with E-state index in [4.69, 9.17) is 21.3 Å². The number of nitrogens with zero attached hydrogens (tertiary/aromatic N) is 5. The van der Waals surface area contributed by atoms with Gasteiger partial charge in [0.1, 0.15) is 21.5 Å². The second-order valence-electron chi connectivity index (χ2n) is 8.05. The van der Waals surface area contributed by atoms with E-state index in [9.17, 15) is 9.32 Å². The van der Waals surface area contributed by atoms with Crippen LogP contribution in [0.4, 0.5) is 11.8 Å². The van der Waals surface area contributed by atoms with Crippen molar-refractivity contribution < 1.29 is 14.1 Å². The number of fused-ring (bicyclic) bond motifs is 1. The van der Waals surface area contributed by atoms with Gasteiger partial charge in [0, 0.05) is 19.0 Å². The Bertz CT molecular complexity index is 958. The zero-order valence-electron chi connectivity index (χ0n) is 16.4. The number of aliphatic hydroxyl groups is 1. The molecule has 5 rings (SSSR count). The fourth-order valence-corrected chi connectivity index (χ4v) is 5.21. The molecule has 2 aromatic heterocycles. The monoisotopic (exact) mass is 450 g/mol. The highest BCUT2D eigenvalue weighted by Crippen LogP contribution is 2.40. The van der Waals surface area contributed by atoms with Crippen LogP contribution in [-0.4, -0.2) is 60.4 Å². The molecule has 1 saturated carbocycles. The number of nitrogens with one attached hydrogen (secondary N) is 1. The van der Waals surface area contributed by atoms with Crippen LogP contribution >= 0.6 is 11.6 Å². The van der Waals surface area contributed by atoms with Crippen molar-refractivity contribution in [2.75, 3.05) is 35.9 Å². The first-order valence-electron chi connectivity index (χ1n) is 10.1. The van der Waals surface area contributed by atoms with Gasteiger partial charge in [-0.15, -0.1) is 0 Å². The van der Waals surface area contributed by atoms with Gasteiger partial charge in [0.05, 0.1) is 29.6 Å². The molecular weight excluding hydrogens is 428 g/mol. The molecule has 1 aliphatic carbocycles. The lowest BCUT2D eigenvalue weighted by molar-refractivity contribution is 0.143. The average molecular weight is 451 g/mol. The topological polar surface area (TPSA) is 113 Å². The summed E-state index contributed by atoms with van der Waals surface area (Å²) in [6.07, 6.45) is 7.68. The molecule has 160 valence electrons. The Balaban J connectivity index is 1.37. The zero-order chi connectivity index (χ0) is 20.7. The first-order valence-corrected chi connectivity index (χ1v) is 11.8. The normalized spacial score (nSPS) is 22.9. The van der Waals surface area contributed by atoms with Gasteiger partial charge in [0.25, 0.3) is 0 Å². The van der Waals surface area contributed by atoms with Crippen molar-refractivity contribution in [3.8, 4) is 5.88 Å². The van der Waals surface area contributed by atoms with Crippen LogP contribution in [0.2, 0.25) is 5.02 Å². The van der Waals surface area contributed by atoms with Crippen LogP contribution in [0.5, 0.6) is 5.88 Å². The molecule has 11 heteroatoms. The minimum Gasteiger partial charge on any atom is -0.463 e. The summed E-state index contributed by atoms with van der Waals surface area (Å²) >= 11 is 5.88. The summed E-state index contributed by atoms with van der Waals surface area (Å²) in [6, 6.07) is 0. The van der Waals surface area contributed by atoms with E-state index >= 15 is 0 Å². The minimum absolute atomic E-state index is 0.0219. The quantitative estimate of drug-likeness (QED) is 0.706. The van der Waals surface area contributed by atoms with Crippen LogP contribution in [-0.2, 0) is 10.8 Å². The molecule has 2 fully saturated rings. The molecular formula is C19H23ClN6O3S. The molecule has 4 heterocycles. The maximum atomic E-state index is 12.5. The van der Waals surface area contributed by atoms with Crippen LogP contribution in [0.3, 0.4) is 0 Å². The summed E-state index contributed by atoms with van der Waals surface area (Å²) in [5, 5.41) is 13.7. The van der Waals surface area contributed by atoms with Crippen molar-refractivity contribution in [1.82, 2.24) is 19.9 Å². The number of halogens is 1. The predicted octanol–water partition coefficient (Wildman–Crippen LogP) is 2.09. The van der Waals surface area contributed by atoms with Gasteiger partial charge in [-0.1, -0.05) is 11.6 Å². The van der Waals surface area contributed by atoms with Crippen LogP contribution in [0.1, 0.15) is 43.8 Å². The number of rotatable bonds is 5. The Morgan fingerprint density at radius 1 is 1.27 bits per heavy atom. The van der Waals surface area contributed by atoms with Crippen LogP contribution in [0, 0.1) is 0 Å². The molecule has 30 heavy (non-hydrogen) atoms. The minimum atomic E-state index is -1.30. The Hall–Kier alpha value is -2.04. The van der Waals surface area contributed by atoms with Gasteiger partial charge in [-0.2, -0.15) is 4.98 Å². The second-order valence-corrected chi connectivity index (χ2v) is 9.82. The number of aliphatic hydroxyl groups excluding tert-OH is 1. The van der Waals surface area contributed by atoms with Crippen LogP contribution in [0.15, 0.2) is 17.3 Å². The summed E-state index contributed by atoms with van der Waals surface area (Å²) in [5.41, 5.74) is -0.387. The molecule has 9 nitrogen and oxygen atoms in total. The Labute approximate surface area is 181 Å². The van der Waals surface area contributed by atoms with Gasteiger partial charge >= 0.3 is 0 Å². The van der Waals surface area contributed by atoms with E-state index < -0.39 is 10.8 Å². The summed E-state index contributed by atoms with van der Waals surface area (Å²) < 4.78 is 18.0. The largest absolute Gasteiger partial charge is 0.463 e. The Morgan fingerprint density at radius 3 is 2.63 bits per heavy atom. The zero-order valence-corrected chi connectivity index (χ0v) is 18.0. The number of hydrogen-bond donors (Lipinski definition) is 2. The van der Waals surface area contributed by atoms with Gasteiger partial charge in [-0.05, 0) is 32.1 Å². The maximum absolute atomic E-state index is 12.5. The van der Waals surface area contributed by atoms with E-state index in [1.54, 1.807) is 12.4 Å². The number of hydrogen-bond acceptors (Lipinski definition) is 9. The van der Waals surface area contributed by atoms with Crippen molar-refractivity contribution >= 4 is 34.2 Å². The fourth-order valence-electron chi connectivity index (χ4n) is 4.17. The highest BCUT2D eigenvalue weighted by atomic mass is 35.5. The third-order valence-electron chi connectivity index (χ3n) is 6.13. The summed E-state index contributed by atoms with van der Waals surface area (Å²) in [4.78, 5) is 20.6. The summed E-state index contributed by atoms with van der Waals surface area (Å²) in [6.45, 7) is 1.58. The smallest absolute Gasteiger partial charge is 0.236 e. The molecule has 0 spiro atoms. The third kappa shape index (κ3) is 3.61. The van der Waals surface area contributed by atoms with Gasteiger partial charge < -0.3 is 20.1 Å². The van der Waals surface area contributed by atoms with Crippen molar-refractivity contribution in [2.24, 2.45) is 0 Å². The standard InChI is InChI=1S/C19H23ClN6O3S/c20-13-8-21-18(22-9-13)26-6-2-12(3-7-26)15-23-16(25-19(10-27)4-1-5-19)14-17(24-15)29-11-30(14)28/h8-9,12,27H,1-7,10-11H2,(H,23,24,25)/t30-/m0/s1. The molecule has 0 bridgehead atoms. The first-order chi connectivity index (χ1) is 14.6. The molecule has 2 aromatic rings. The highest BCUT2D eigenvalue weighted by molar-refractivity contribution is 7.85. The average Bonchev–Trinajstić information content (AvgIpc) is 3.12. The molecule has 1 atom stereocenters. The van der Waals surface area contributed by atoms with E-state index in [0.717, 1.165) is 45.2 Å². The molecule has 0 amide bonds. The van der Waals surface area contributed by atoms with E-state index in [-0.39, 0.29) is 24.0 Å². The third-order valence-corrected chi connectivity index (χ3v) is 7.48. The van der Waals surface area contributed by atoms with Crippen molar-refractivity contribution in [2.45, 2.75) is 48.5 Å². The van der Waals surface area contributed by atoms with E-state index in [0.29, 0.717) is 33.4 Å². The van der Waals surface area contributed by atoms with Gasteiger partial charge in [0.15, 0.2) is 11.8 Å². The molecule has 0 unspecified atom stereocenters. The first kappa shape index (κ1) is 19.9. The van der Waals surface area contributed by atoms with E-state index in [2.05, 4.69) is 25.2 Å². The molecule has 0 radical (unpaired) electrons. The lowest BCUT2D eigenvalue weighted by atomic mass is 9.77. The SMILES string of the molecule is O=[S@]1COc2nc(C3CCN(c4ncc(Cl)cn4)CC3)nc(NC3(CO)CCC3)c21. The van der Waals surface area contributed by atoms with Crippen molar-refractivity contribution in [1.29, 1.82) is 0 Å². The Morgan fingerprint density at radius 2 is 2.00 bits per heavy atom. The van der Waals surface area contributed by atoms with Gasteiger partial charge in [-0.3, -0.25) is 4.21 Å².